The lowest BCUT2D eigenvalue weighted by Gasteiger charge is -2.08. The Balaban J connectivity index is 1.92. The second-order valence-electron chi connectivity index (χ2n) is 4.20. The molecule has 1 heterocycles. The largest absolute Gasteiger partial charge is 0.504 e. The van der Waals surface area contributed by atoms with Crippen LogP contribution in [0.3, 0.4) is 0 Å². The van der Waals surface area contributed by atoms with Crippen molar-refractivity contribution in [3.8, 4) is 11.5 Å². The van der Waals surface area contributed by atoms with Crippen molar-refractivity contribution in [2.45, 2.75) is 20.0 Å². The summed E-state index contributed by atoms with van der Waals surface area (Å²) >= 11 is 0. The average Bonchev–Trinajstić information content (AvgIpc) is 2.41. The van der Waals surface area contributed by atoms with Crippen LogP contribution >= 0.6 is 0 Å². The molecule has 19 heavy (non-hydrogen) atoms. The van der Waals surface area contributed by atoms with Gasteiger partial charge in [-0.15, -0.1) is 0 Å². The van der Waals surface area contributed by atoms with E-state index in [4.69, 9.17) is 4.74 Å². The van der Waals surface area contributed by atoms with Crippen LogP contribution in [0.5, 0.6) is 11.5 Å². The molecule has 100 valence electrons. The zero-order valence-corrected chi connectivity index (χ0v) is 11.1. The van der Waals surface area contributed by atoms with Gasteiger partial charge in [0.2, 0.25) is 0 Å². The number of aromatic nitrogens is 2. The Morgan fingerprint density at radius 2 is 2.11 bits per heavy atom. The van der Waals surface area contributed by atoms with E-state index in [2.05, 4.69) is 15.3 Å². The second kappa shape index (κ2) is 6.15. The number of aromatic hydroxyl groups is 1. The minimum Gasteiger partial charge on any atom is -0.504 e. The quantitative estimate of drug-likeness (QED) is 0.857. The Morgan fingerprint density at radius 3 is 2.84 bits per heavy atom. The fraction of sp³-hybridized carbons (Fsp3) is 0.286. The first-order valence-electron chi connectivity index (χ1n) is 6.04. The molecule has 0 saturated carbocycles. The van der Waals surface area contributed by atoms with E-state index in [1.165, 1.54) is 7.11 Å². The van der Waals surface area contributed by atoms with E-state index in [9.17, 15) is 5.11 Å². The highest BCUT2D eigenvalue weighted by atomic mass is 16.5. The van der Waals surface area contributed by atoms with Crippen LogP contribution < -0.4 is 10.1 Å². The van der Waals surface area contributed by atoms with Crippen LogP contribution in [0.25, 0.3) is 0 Å². The fourth-order valence-corrected chi connectivity index (χ4v) is 1.77. The Hall–Kier alpha value is -2.14. The molecule has 0 unspecified atom stereocenters. The Labute approximate surface area is 112 Å². The zero-order valence-electron chi connectivity index (χ0n) is 11.1. The van der Waals surface area contributed by atoms with Crippen LogP contribution in [-0.2, 0) is 13.1 Å². The monoisotopic (exact) mass is 259 g/mol. The molecule has 0 amide bonds. The van der Waals surface area contributed by atoms with Gasteiger partial charge in [0.1, 0.15) is 5.82 Å². The van der Waals surface area contributed by atoms with Crippen molar-refractivity contribution in [3.05, 3.63) is 47.5 Å². The van der Waals surface area contributed by atoms with Crippen molar-refractivity contribution in [3.63, 3.8) is 0 Å². The van der Waals surface area contributed by atoms with Gasteiger partial charge in [-0.25, -0.2) is 9.97 Å². The van der Waals surface area contributed by atoms with Crippen molar-refractivity contribution in [1.82, 2.24) is 15.3 Å². The third-order valence-electron chi connectivity index (χ3n) is 2.71. The number of hydrogen-bond acceptors (Lipinski definition) is 5. The zero-order chi connectivity index (χ0) is 13.7. The highest BCUT2D eigenvalue weighted by Crippen LogP contribution is 2.26. The van der Waals surface area contributed by atoms with Crippen LogP contribution in [0.15, 0.2) is 30.5 Å². The molecule has 0 aliphatic rings. The lowest BCUT2D eigenvalue weighted by molar-refractivity contribution is 0.372. The number of ether oxygens (including phenoxy) is 1. The Morgan fingerprint density at radius 1 is 1.26 bits per heavy atom. The molecule has 2 rings (SSSR count). The number of phenolic OH excluding ortho intramolecular Hbond substituents is 1. The minimum atomic E-state index is 0.151. The first-order valence-corrected chi connectivity index (χ1v) is 6.04. The van der Waals surface area contributed by atoms with Crippen LogP contribution in [0.4, 0.5) is 0 Å². The second-order valence-corrected chi connectivity index (χ2v) is 4.20. The maximum atomic E-state index is 9.51. The summed E-state index contributed by atoms with van der Waals surface area (Å²) in [6.07, 6.45) is 1.75. The van der Waals surface area contributed by atoms with Crippen LogP contribution in [0, 0.1) is 6.92 Å². The first-order chi connectivity index (χ1) is 9.19. The molecule has 2 aromatic rings. The predicted octanol–water partition coefficient (Wildman–Crippen LogP) is 1.79. The van der Waals surface area contributed by atoms with Crippen molar-refractivity contribution >= 4 is 0 Å². The third-order valence-corrected chi connectivity index (χ3v) is 2.71. The number of benzene rings is 1. The van der Waals surface area contributed by atoms with Gasteiger partial charge in [0.25, 0.3) is 0 Å². The summed E-state index contributed by atoms with van der Waals surface area (Å²) in [5, 5.41) is 12.8. The molecule has 0 aliphatic carbocycles. The van der Waals surface area contributed by atoms with Crippen molar-refractivity contribution < 1.29 is 9.84 Å². The van der Waals surface area contributed by atoms with Gasteiger partial charge in [-0.3, -0.25) is 0 Å². The molecule has 0 spiro atoms. The summed E-state index contributed by atoms with van der Waals surface area (Å²) in [6.45, 7) is 3.22. The van der Waals surface area contributed by atoms with Crippen molar-refractivity contribution in [2.75, 3.05) is 7.11 Å². The van der Waals surface area contributed by atoms with E-state index >= 15 is 0 Å². The van der Waals surface area contributed by atoms with E-state index in [1.807, 2.05) is 25.1 Å². The average molecular weight is 259 g/mol. The first kappa shape index (κ1) is 13.3. The van der Waals surface area contributed by atoms with Crippen LogP contribution in [0.2, 0.25) is 0 Å². The van der Waals surface area contributed by atoms with E-state index < -0.39 is 0 Å². The minimum absolute atomic E-state index is 0.151. The number of rotatable bonds is 5. The van der Waals surface area contributed by atoms with E-state index in [0.717, 1.165) is 17.1 Å². The lowest BCUT2D eigenvalue weighted by Crippen LogP contribution is -2.14. The molecular formula is C14H17N3O2. The molecule has 0 radical (unpaired) electrons. The van der Waals surface area contributed by atoms with Crippen LogP contribution in [-0.4, -0.2) is 22.2 Å². The molecule has 0 bridgehead atoms. The normalized spacial score (nSPS) is 10.4. The number of aryl methyl sites for hydroxylation is 1. The van der Waals surface area contributed by atoms with Gasteiger partial charge in [-0.1, -0.05) is 6.07 Å². The topological polar surface area (TPSA) is 67.3 Å². The number of methoxy groups -OCH3 is 1. The molecule has 2 N–H and O–H groups in total. The number of hydrogen-bond donors (Lipinski definition) is 2. The Bertz CT molecular complexity index is 558. The molecular weight excluding hydrogens is 242 g/mol. The summed E-state index contributed by atoms with van der Waals surface area (Å²) in [7, 11) is 1.54. The molecule has 1 aromatic heterocycles. The summed E-state index contributed by atoms with van der Waals surface area (Å²) in [4.78, 5) is 8.37. The predicted molar refractivity (Wildman–Crippen MR) is 72.0 cm³/mol. The number of nitrogens with zero attached hydrogens (tertiary/aromatic N) is 2. The van der Waals surface area contributed by atoms with E-state index in [1.54, 1.807) is 12.3 Å². The van der Waals surface area contributed by atoms with Crippen LogP contribution in [0.1, 0.15) is 17.1 Å². The maximum Gasteiger partial charge on any atom is 0.160 e. The van der Waals surface area contributed by atoms with Gasteiger partial charge in [-0.05, 0) is 30.7 Å². The van der Waals surface area contributed by atoms with Crippen molar-refractivity contribution in [1.29, 1.82) is 0 Å². The SMILES string of the molecule is COc1cc(CNCc2ccnc(C)n2)ccc1O. The summed E-state index contributed by atoms with van der Waals surface area (Å²) in [5.74, 6) is 1.40. The standard InChI is InChI=1S/C14H17N3O2/c1-10-16-6-5-12(17-10)9-15-8-11-3-4-13(18)14(7-11)19-2/h3-7,15,18H,8-9H2,1-2H3. The van der Waals surface area contributed by atoms with Gasteiger partial charge in [0.15, 0.2) is 11.5 Å². The Kier molecular flexibility index (Phi) is 4.30. The van der Waals surface area contributed by atoms with Gasteiger partial charge in [0, 0.05) is 19.3 Å². The lowest BCUT2D eigenvalue weighted by atomic mass is 10.2. The summed E-state index contributed by atoms with van der Waals surface area (Å²) in [5.41, 5.74) is 2.00. The van der Waals surface area contributed by atoms with E-state index in [0.29, 0.717) is 18.8 Å². The molecule has 0 fully saturated rings. The third kappa shape index (κ3) is 3.66. The summed E-state index contributed by atoms with van der Waals surface area (Å²) < 4.78 is 5.07. The molecule has 0 atom stereocenters. The molecule has 0 saturated heterocycles. The molecule has 5 heteroatoms. The van der Waals surface area contributed by atoms with Crippen molar-refractivity contribution in [2.24, 2.45) is 0 Å². The number of nitrogens with one attached hydrogen (secondary N) is 1. The maximum absolute atomic E-state index is 9.51. The van der Waals surface area contributed by atoms with Gasteiger partial charge >= 0.3 is 0 Å². The van der Waals surface area contributed by atoms with Gasteiger partial charge in [-0.2, -0.15) is 0 Å². The highest BCUT2D eigenvalue weighted by molar-refractivity contribution is 5.41. The summed E-state index contributed by atoms with van der Waals surface area (Å²) in [6, 6.07) is 7.19. The fourth-order valence-electron chi connectivity index (χ4n) is 1.77. The number of phenols is 1. The van der Waals surface area contributed by atoms with Gasteiger partial charge < -0.3 is 15.2 Å². The van der Waals surface area contributed by atoms with Gasteiger partial charge in [0.05, 0.1) is 12.8 Å². The smallest absolute Gasteiger partial charge is 0.160 e. The molecule has 5 nitrogen and oxygen atoms in total. The highest BCUT2D eigenvalue weighted by Gasteiger charge is 2.02. The molecule has 0 aliphatic heterocycles. The van der Waals surface area contributed by atoms with E-state index in [-0.39, 0.29) is 5.75 Å². The molecule has 1 aromatic carbocycles.